The Kier molecular flexibility index (Phi) is 18.2. The predicted molar refractivity (Wildman–Crippen MR) is 271 cm³/mol. The number of imidazole rings is 2. The highest BCUT2D eigenvalue weighted by atomic mass is 79.9. The number of hydrogen-bond donors (Lipinski definition) is 3. The zero-order chi connectivity index (χ0) is 49.0. The van der Waals surface area contributed by atoms with Gasteiger partial charge in [0, 0.05) is 37.1 Å². The summed E-state index contributed by atoms with van der Waals surface area (Å²) in [5.41, 5.74) is 1.05. The van der Waals surface area contributed by atoms with Crippen molar-refractivity contribution in [3.8, 4) is 0 Å². The van der Waals surface area contributed by atoms with Gasteiger partial charge in [-0.05, 0) is 75.9 Å². The van der Waals surface area contributed by atoms with Crippen molar-refractivity contribution in [2.75, 3.05) is 6.61 Å². The molecular formula is C45H58Br2N10O8S2. The van der Waals surface area contributed by atoms with Crippen LogP contribution in [0.5, 0.6) is 0 Å². The van der Waals surface area contributed by atoms with Crippen LogP contribution >= 0.6 is 55.4 Å². The van der Waals surface area contributed by atoms with Crippen LogP contribution in [0.1, 0.15) is 72.9 Å². The van der Waals surface area contributed by atoms with Gasteiger partial charge in [0.15, 0.2) is 32.6 Å². The summed E-state index contributed by atoms with van der Waals surface area (Å²) < 4.78 is 8.07. The SMILES string of the molecule is C.CCC(C=O)NC(=O)C(C)(C)Sc1nc2c(c(=O)n(C)c(=O)n2C)n1Cc1cccc(Br)c1.CCC(CO)NC(=O)C(C)(C)Sc1nc2c(c(=O)n(C)c(=O)n2C)n1Cc1cccc(Br)c1. The van der Waals surface area contributed by atoms with E-state index in [0.29, 0.717) is 48.0 Å². The average Bonchev–Trinajstić information content (AvgIpc) is 3.80. The molecule has 2 aromatic carbocycles. The Morgan fingerprint density at radius 3 is 1.45 bits per heavy atom. The number of amides is 2. The molecule has 0 aliphatic rings. The first kappa shape index (κ1) is 54.6. The molecule has 3 N–H and O–H groups in total. The number of aliphatic hydroxyl groups is 1. The third-order valence-corrected chi connectivity index (χ3v) is 14.2. The number of carbonyl (C=O) groups excluding carboxylic acids is 3. The molecule has 22 heteroatoms. The first-order valence-electron chi connectivity index (χ1n) is 20.9. The number of benzene rings is 2. The number of thioether (sulfide) groups is 2. The van der Waals surface area contributed by atoms with Crippen molar-refractivity contribution in [3.63, 3.8) is 0 Å². The smallest absolute Gasteiger partial charge is 0.332 e. The van der Waals surface area contributed by atoms with Gasteiger partial charge in [0.2, 0.25) is 11.8 Å². The Hall–Kier alpha value is -5.03. The van der Waals surface area contributed by atoms with Crippen molar-refractivity contribution in [1.82, 2.24) is 48.0 Å². The molecule has 67 heavy (non-hydrogen) atoms. The van der Waals surface area contributed by atoms with Gasteiger partial charge in [0.1, 0.15) is 6.29 Å². The lowest BCUT2D eigenvalue weighted by Crippen LogP contribution is -2.46. The van der Waals surface area contributed by atoms with Crippen LogP contribution in [0.3, 0.4) is 0 Å². The highest BCUT2D eigenvalue weighted by molar-refractivity contribution is 9.10. The molecule has 0 aliphatic heterocycles. The van der Waals surface area contributed by atoms with Gasteiger partial charge in [-0.2, -0.15) is 0 Å². The van der Waals surface area contributed by atoms with Crippen LogP contribution in [-0.2, 0) is 55.7 Å². The second-order valence-corrected chi connectivity index (χ2v) is 21.6. The minimum absolute atomic E-state index is 0. The summed E-state index contributed by atoms with van der Waals surface area (Å²) in [5, 5.41) is 15.9. The Bertz CT molecular complexity index is 3060. The molecule has 0 radical (unpaired) electrons. The Morgan fingerprint density at radius 2 is 1.10 bits per heavy atom. The zero-order valence-corrected chi connectivity index (χ0v) is 43.1. The molecule has 4 heterocycles. The topological polar surface area (TPSA) is 219 Å². The van der Waals surface area contributed by atoms with E-state index in [1.165, 1.54) is 46.8 Å². The summed E-state index contributed by atoms with van der Waals surface area (Å²) in [7, 11) is 5.99. The first-order valence-corrected chi connectivity index (χ1v) is 24.1. The maximum absolute atomic E-state index is 13.1. The van der Waals surface area contributed by atoms with E-state index in [0.717, 1.165) is 29.2 Å². The normalized spacial score (nSPS) is 12.6. The van der Waals surface area contributed by atoms with Crippen molar-refractivity contribution in [1.29, 1.82) is 0 Å². The van der Waals surface area contributed by atoms with Crippen LogP contribution in [0, 0.1) is 0 Å². The second-order valence-electron chi connectivity index (χ2n) is 16.6. The number of hydrogen-bond acceptors (Lipinski definition) is 12. The van der Waals surface area contributed by atoms with E-state index in [-0.39, 0.29) is 48.7 Å². The van der Waals surface area contributed by atoms with E-state index < -0.39 is 38.0 Å². The molecule has 0 aliphatic carbocycles. The maximum Gasteiger partial charge on any atom is 0.332 e. The number of aromatic nitrogens is 8. The largest absolute Gasteiger partial charge is 0.394 e. The van der Waals surface area contributed by atoms with Gasteiger partial charge in [-0.25, -0.2) is 19.6 Å². The summed E-state index contributed by atoms with van der Waals surface area (Å²) in [6, 6.07) is 14.4. The Balaban J connectivity index is 0.000000288. The van der Waals surface area contributed by atoms with Gasteiger partial charge in [-0.3, -0.25) is 37.4 Å². The number of aliphatic hydroxyl groups excluding tert-OH is 1. The summed E-state index contributed by atoms with van der Waals surface area (Å²) in [4.78, 5) is 97.4. The number of rotatable bonds is 16. The van der Waals surface area contributed by atoms with Gasteiger partial charge in [0.25, 0.3) is 11.1 Å². The van der Waals surface area contributed by atoms with Gasteiger partial charge >= 0.3 is 11.4 Å². The number of aldehydes is 1. The molecule has 4 aromatic heterocycles. The number of carbonyl (C=O) groups is 3. The molecule has 0 fully saturated rings. The zero-order valence-electron chi connectivity index (χ0n) is 38.3. The second kappa shape index (κ2) is 22.4. The molecule has 2 unspecified atom stereocenters. The summed E-state index contributed by atoms with van der Waals surface area (Å²) in [6.07, 6.45) is 1.79. The highest BCUT2D eigenvalue weighted by Crippen LogP contribution is 2.36. The van der Waals surface area contributed by atoms with E-state index in [4.69, 9.17) is 0 Å². The molecule has 6 aromatic rings. The summed E-state index contributed by atoms with van der Waals surface area (Å²) >= 11 is 9.31. The van der Waals surface area contributed by atoms with Crippen molar-refractivity contribution in [3.05, 3.63) is 110 Å². The number of fused-ring (bicyclic) bond motifs is 2. The van der Waals surface area contributed by atoms with Crippen molar-refractivity contribution >= 4 is 95.8 Å². The van der Waals surface area contributed by atoms with Crippen LogP contribution in [0.25, 0.3) is 22.3 Å². The molecule has 0 spiro atoms. The molecule has 2 amide bonds. The highest BCUT2D eigenvalue weighted by Gasteiger charge is 2.35. The average molecular weight is 1090 g/mol. The van der Waals surface area contributed by atoms with E-state index in [9.17, 15) is 38.7 Å². The lowest BCUT2D eigenvalue weighted by molar-refractivity contribution is -0.125. The predicted octanol–water partition coefficient (Wildman–Crippen LogP) is 4.85. The lowest BCUT2D eigenvalue weighted by Gasteiger charge is -2.25. The van der Waals surface area contributed by atoms with Crippen LogP contribution in [-0.4, -0.2) is 88.8 Å². The lowest BCUT2D eigenvalue weighted by atomic mass is 10.1. The summed E-state index contributed by atoms with van der Waals surface area (Å²) in [5.74, 6) is -0.578. The Morgan fingerprint density at radius 1 is 0.701 bits per heavy atom. The van der Waals surface area contributed by atoms with Crippen LogP contribution in [0.15, 0.2) is 87.0 Å². The molecule has 0 saturated carbocycles. The fourth-order valence-corrected chi connectivity index (χ4v) is 9.60. The molecule has 362 valence electrons. The minimum Gasteiger partial charge on any atom is -0.394 e. The number of aryl methyl sites for hydroxylation is 2. The van der Waals surface area contributed by atoms with Crippen LogP contribution < -0.4 is 33.1 Å². The standard InChI is InChI=1S/C22H28BrN5O4S.C22H26BrN5O4S.CH4/c2*1-6-15(12-29)24-19(31)22(2,3)33-20-25-17-16(18(30)27(5)21(32)26(17)4)28(20)11-13-8-7-9-14(23)10-13;/h7-10,15,29H,6,11-12H2,1-5H3,(H,24,31);7-10,12,15H,6,11H2,1-5H3,(H,24,31);1H4. The maximum atomic E-state index is 13.1. The Labute approximate surface area is 412 Å². The monoisotopic (exact) mass is 1090 g/mol. The fourth-order valence-electron chi connectivity index (χ4n) is 6.70. The van der Waals surface area contributed by atoms with Crippen molar-refractivity contribution in [2.45, 2.75) is 107 Å². The minimum atomic E-state index is -1.00. The van der Waals surface area contributed by atoms with E-state index in [1.54, 1.807) is 50.9 Å². The van der Waals surface area contributed by atoms with Gasteiger partial charge in [-0.1, -0.05) is 101 Å². The third kappa shape index (κ3) is 12.0. The molecular weight excluding hydrogens is 1030 g/mol. The molecule has 0 saturated heterocycles. The number of nitrogens with one attached hydrogen (secondary N) is 2. The number of nitrogens with zero attached hydrogens (tertiary/aromatic N) is 8. The van der Waals surface area contributed by atoms with Crippen LogP contribution in [0.4, 0.5) is 0 Å². The van der Waals surface area contributed by atoms with Crippen molar-refractivity contribution in [2.24, 2.45) is 28.2 Å². The van der Waals surface area contributed by atoms with E-state index in [1.807, 2.05) is 62.4 Å². The van der Waals surface area contributed by atoms with Gasteiger partial charge < -0.3 is 29.7 Å². The van der Waals surface area contributed by atoms with Crippen molar-refractivity contribution < 1.29 is 19.5 Å². The van der Waals surface area contributed by atoms with E-state index in [2.05, 4.69) is 52.5 Å². The quantitative estimate of drug-likeness (QED) is 0.0876. The molecule has 6 rings (SSSR count). The van der Waals surface area contributed by atoms with Gasteiger partial charge in [-0.15, -0.1) is 0 Å². The van der Waals surface area contributed by atoms with E-state index >= 15 is 0 Å². The number of halogens is 2. The first-order chi connectivity index (χ1) is 31.0. The summed E-state index contributed by atoms with van der Waals surface area (Å²) in [6.45, 7) is 11.2. The molecule has 2 atom stereocenters. The van der Waals surface area contributed by atoms with Crippen LogP contribution in [0.2, 0.25) is 0 Å². The molecule has 18 nitrogen and oxygen atoms in total. The molecule has 0 bridgehead atoms. The third-order valence-electron chi connectivity index (χ3n) is 10.8. The fraction of sp³-hybridized carbons (Fsp3) is 0.444. The van der Waals surface area contributed by atoms with Gasteiger partial charge in [0.05, 0.1) is 41.3 Å².